The average molecular weight is 224 g/mol. The minimum Gasteiger partial charge on any atom is -0.381 e. The number of phosphoric ester groups is 1. The van der Waals surface area contributed by atoms with Crippen LogP contribution in [0, 0.1) is 5.92 Å². The van der Waals surface area contributed by atoms with Gasteiger partial charge in [-0.1, -0.05) is 6.92 Å². The lowest BCUT2D eigenvalue weighted by molar-refractivity contribution is -0.00707. The lowest BCUT2D eigenvalue weighted by Crippen LogP contribution is -2.31. The van der Waals surface area contributed by atoms with Crippen LogP contribution in [-0.4, -0.2) is 29.1 Å². The van der Waals surface area contributed by atoms with Gasteiger partial charge < -0.3 is 14.5 Å². The summed E-state index contributed by atoms with van der Waals surface area (Å²) in [6.45, 7) is 2.03. The maximum absolute atomic E-state index is 10.6. The minimum absolute atomic E-state index is 0.0512. The van der Waals surface area contributed by atoms with Gasteiger partial charge in [0.25, 0.3) is 0 Å². The van der Waals surface area contributed by atoms with E-state index in [-0.39, 0.29) is 12.2 Å². The molecule has 0 aromatic rings. The van der Waals surface area contributed by atoms with E-state index in [0.29, 0.717) is 18.8 Å². The van der Waals surface area contributed by atoms with Gasteiger partial charge in [-0.05, 0) is 18.8 Å². The molecule has 0 aliphatic heterocycles. The van der Waals surface area contributed by atoms with Crippen molar-refractivity contribution in [2.75, 3.05) is 7.11 Å². The van der Waals surface area contributed by atoms with Crippen molar-refractivity contribution in [3.63, 3.8) is 0 Å². The number of hydrogen-bond donors (Lipinski definition) is 2. The van der Waals surface area contributed by atoms with Gasteiger partial charge in [0.2, 0.25) is 0 Å². The van der Waals surface area contributed by atoms with Crippen LogP contribution >= 0.6 is 7.82 Å². The Morgan fingerprint density at radius 3 is 2.29 bits per heavy atom. The van der Waals surface area contributed by atoms with Crippen LogP contribution in [0.25, 0.3) is 0 Å². The molecule has 6 heteroatoms. The van der Waals surface area contributed by atoms with Crippen LogP contribution < -0.4 is 0 Å². The molecule has 1 aliphatic carbocycles. The lowest BCUT2D eigenvalue weighted by atomic mass is 9.87. The molecule has 5 nitrogen and oxygen atoms in total. The monoisotopic (exact) mass is 224 g/mol. The Morgan fingerprint density at radius 1 is 1.21 bits per heavy atom. The van der Waals surface area contributed by atoms with Gasteiger partial charge in [-0.25, -0.2) is 4.57 Å². The van der Waals surface area contributed by atoms with Gasteiger partial charge in [0.15, 0.2) is 0 Å². The first-order valence-electron chi connectivity index (χ1n) is 4.67. The zero-order valence-electron chi connectivity index (χ0n) is 8.42. The van der Waals surface area contributed by atoms with Gasteiger partial charge in [0.05, 0.1) is 12.2 Å². The zero-order chi connectivity index (χ0) is 10.8. The Labute approximate surface area is 83.7 Å². The fourth-order valence-electron chi connectivity index (χ4n) is 1.95. The molecule has 1 saturated carbocycles. The van der Waals surface area contributed by atoms with E-state index in [1.54, 1.807) is 7.11 Å². The highest BCUT2D eigenvalue weighted by atomic mass is 31.2. The summed E-state index contributed by atoms with van der Waals surface area (Å²) in [6, 6.07) is 0. The maximum atomic E-state index is 10.6. The van der Waals surface area contributed by atoms with Crippen molar-refractivity contribution in [2.24, 2.45) is 5.92 Å². The van der Waals surface area contributed by atoms with Crippen LogP contribution in [0.3, 0.4) is 0 Å². The second kappa shape index (κ2) is 4.73. The van der Waals surface area contributed by atoms with Crippen LogP contribution in [0.5, 0.6) is 0 Å². The van der Waals surface area contributed by atoms with Crippen molar-refractivity contribution in [1.82, 2.24) is 0 Å². The van der Waals surface area contributed by atoms with Crippen molar-refractivity contribution < 1.29 is 23.6 Å². The van der Waals surface area contributed by atoms with Crippen molar-refractivity contribution >= 4 is 7.82 Å². The Morgan fingerprint density at radius 2 is 1.79 bits per heavy atom. The number of rotatable bonds is 3. The summed E-state index contributed by atoms with van der Waals surface area (Å²) in [7, 11) is -2.74. The Balaban J connectivity index is 2.49. The summed E-state index contributed by atoms with van der Waals surface area (Å²) in [6.07, 6.45) is 1.84. The number of ether oxygens (including phenoxy) is 1. The third kappa shape index (κ3) is 4.07. The molecular weight excluding hydrogens is 207 g/mol. The molecule has 0 radical (unpaired) electrons. The highest BCUT2D eigenvalue weighted by Gasteiger charge is 2.31. The van der Waals surface area contributed by atoms with E-state index in [0.717, 1.165) is 6.42 Å². The van der Waals surface area contributed by atoms with Crippen LogP contribution in [0.1, 0.15) is 26.2 Å². The summed E-state index contributed by atoms with van der Waals surface area (Å²) >= 11 is 0. The van der Waals surface area contributed by atoms with Gasteiger partial charge >= 0.3 is 7.82 Å². The lowest BCUT2D eigenvalue weighted by Gasteiger charge is -2.32. The highest BCUT2D eigenvalue weighted by molar-refractivity contribution is 7.46. The summed E-state index contributed by atoms with van der Waals surface area (Å²) < 4.78 is 20.5. The molecule has 84 valence electrons. The SMILES string of the molecule is CO[C@H]1C[C@@H](C)C[C@@H](OP(=O)(O)O)C1. The quantitative estimate of drug-likeness (QED) is 0.706. The first-order chi connectivity index (χ1) is 6.40. The molecule has 0 saturated heterocycles. The van der Waals surface area contributed by atoms with Crippen LogP contribution in [-0.2, 0) is 13.8 Å². The molecule has 0 spiro atoms. The number of hydrogen-bond acceptors (Lipinski definition) is 3. The van der Waals surface area contributed by atoms with Crippen molar-refractivity contribution in [3.05, 3.63) is 0 Å². The minimum atomic E-state index is -4.35. The van der Waals surface area contributed by atoms with Crippen LogP contribution in [0.4, 0.5) is 0 Å². The standard InChI is InChI=1S/C8H17O5P/c1-6-3-7(12-2)5-8(4-6)13-14(9,10)11/h6-8H,3-5H2,1-2H3,(H2,9,10,11)/t6-,7+,8-/m1/s1. The average Bonchev–Trinajstić information content (AvgIpc) is 1.99. The molecular formula is C8H17O5P. The van der Waals surface area contributed by atoms with E-state index in [4.69, 9.17) is 14.5 Å². The molecule has 14 heavy (non-hydrogen) atoms. The van der Waals surface area contributed by atoms with Crippen molar-refractivity contribution in [3.8, 4) is 0 Å². The van der Waals surface area contributed by atoms with Gasteiger partial charge in [0, 0.05) is 13.5 Å². The topological polar surface area (TPSA) is 76.0 Å². The molecule has 0 heterocycles. The zero-order valence-corrected chi connectivity index (χ0v) is 9.31. The molecule has 0 aromatic carbocycles. The summed E-state index contributed by atoms with van der Waals surface area (Å²) in [5.74, 6) is 0.380. The molecule has 1 aliphatic rings. The van der Waals surface area contributed by atoms with E-state index >= 15 is 0 Å². The third-order valence-electron chi connectivity index (χ3n) is 2.48. The van der Waals surface area contributed by atoms with Crippen molar-refractivity contribution in [2.45, 2.75) is 38.4 Å². The van der Waals surface area contributed by atoms with Gasteiger partial charge in [-0.2, -0.15) is 0 Å². The van der Waals surface area contributed by atoms with Crippen LogP contribution in [0.2, 0.25) is 0 Å². The second-order valence-corrected chi connectivity index (χ2v) is 5.08. The van der Waals surface area contributed by atoms with Crippen LogP contribution in [0.15, 0.2) is 0 Å². The van der Waals surface area contributed by atoms with E-state index in [1.165, 1.54) is 0 Å². The second-order valence-electron chi connectivity index (χ2n) is 3.89. The Hall–Kier alpha value is 0.0700. The van der Waals surface area contributed by atoms with E-state index in [2.05, 4.69) is 4.52 Å². The molecule has 0 unspecified atom stereocenters. The third-order valence-corrected chi connectivity index (χ3v) is 3.05. The molecule has 0 aromatic heterocycles. The largest absolute Gasteiger partial charge is 0.469 e. The predicted octanol–water partition coefficient (Wildman–Crippen LogP) is 1.30. The molecule has 2 N–H and O–H groups in total. The highest BCUT2D eigenvalue weighted by Crippen LogP contribution is 2.42. The smallest absolute Gasteiger partial charge is 0.381 e. The molecule has 0 amide bonds. The molecule has 3 atom stereocenters. The molecule has 1 fully saturated rings. The van der Waals surface area contributed by atoms with E-state index in [9.17, 15) is 4.57 Å². The molecule has 1 rings (SSSR count). The molecule has 0 bridgehead atoms. The summed E-state index contributed by atoms with van der Waals surface area (Å²) in [5.41, 5.74) is 0. The number of phosphoric acid groups is 1. The maximum Gasteiger partial charge on any atom is 0.469 e. The van der Waals surface area contributed by atoms with Gasteiger partial charge in [-0.3, -0.25) is 4.52 Å². The van der Waals surface area contributed by atoms with Gasteiger partial charge in [0.1, 0.15) is 0 Å². The first-order valence-corrected chi connectivity index (χ1v) is 6.20. The predicted molar refractivity (Wildman–Crippen MR) is 50.7 cm³/mol. The van der Waals surface area contributed by atoms with E-state index in [1.807, 2.05) is 6.92 Å². The number of methoxy groups -OCH3 is 1. The summed E-state index contributed by atoms with van der Waals surface area (Å²) in [5, 5.41) is 0. The van der Waals surface area contributed by atoms with Crippen molar-refractivity contribution in [1.29, 1.82) is 0 Å². The fraction of sp³-hybridized carbons (Fsp3) is 1.00. The first kappa shape index (κ1) is 12.1. The normalized spacial score (nSPS) is 34.4. The Kier molecular flexibility index (Phi) is 4.10. The van der Waals surface area contributed by atoms with E-state index < -0.39 is 7.82 Å². The Bertz CT molecular complexity index is 226. The summed E-state index contributed by atoms with van der Waals surface area (Å²) in [4.78, 5) is 17.3. The van der Waals surface area contributed by atoms with Gasteiger partial charge in [-0.15, -0.1) is 0 Å². The fourth-order valence-corrected chi connectivity index (χ4v) is 2.51.